The van der Waals surface area contributed by atoms with Gasteiger partial charge in [-0.05, 0) is 17.7 Å². The van der Waals surface area contributed by atoms with Gasteiger partial charge in [0.05, 0.1) is 6.21 Å². The smallest absolute Gasteiger partial charge is 0.313 e. The minimum Gasteiger partial charge on any atom is -0.313 e. The average Bonchev–Trinajstić information content (AvgIpc) is 2.83. The molecule has 0 saturated heterocycles. The first-order chi connectivity index (χ1) is 9.97. The summed E-state index contributed by atoms with van der Waals surface area (Å²) in [5, 5.41) is 6.86. The largest absolute Gasteiger partial charge is 0.369 e. The lowest BCUT2D eigenvalue weighted by atomic mass is 10.2. The molecule has 0 unspecified atom stereocenters. The summed E-state index contributed by atoms with van der Waals surface area (Å²) >= 11 is 0. The van der Waals surface area contributed by atoms with Crippen molar-refractivity contribution in [3.05, 3.63) is 53.1 Å². The lowest BCUT2D eigenvalue weighted by Gasteiger charge is -1.98. The highest BCUT2D eigenvalue weighted by molar-refractivity contribution is 5.91. The molecule has 110 valence electrons. The maximum Gasteiger partial charge on any atom is 0.369 e. The monoisotopic (exact) mass is 297 g/mol. The molecule has 0 fully saturated rings. The molecule has 0 aliphatic heterocycles. The predicted octanol–water partition coefficient (Wildman–Crippen LogP) is 2.69. The van der Waals surface area contributed by atoms with Gasteiger partial charge in [0.2, 0.25) is 0 Å². The predicted molar refractivity (Wildman–Crippen MR) is 67.6 cm³/mol. The highest BCUT2D eigenvalue weighted by atomic mass is 19.3. The Morgan fingerprint density at radius 2 is 2.05 bits per heavy atom. The normalized spacial score (nSPS) is 11.3. The van der Waals surface area contributed by atoms with Crippen molar-refractivity contribution in [3.8, 4) is 0 Å². The van der Waals surface area contributed by atoms with E-state index >= 15 is 0 Å². The summed E-state index contributed by atoms with van der Waals surface area (Å²) in [5.74, 6) is -1.46. The number of hydrogen-bond donors (Lipinski definition) is 0. The van der Waals surface area contributed by atoms with Gasteiger partial charge in [-0.2, -0.15) is 5.10 Å². The van der Waals surface area contributed by atoms with Gasteiger partial charge in [-0.15, -0.1) is 0 Å². The fourth-order valence-corrected chi connectivity index (χ4v) is 1.56. The molecule has 0 aliphatic rings. The highest BCUT2D eigenvalue weighted by Gasteiger charge is 2.23. The summed E-state index contributed by atoms with van der Waals surface area (Å²) in [6.07, 6.45) is -0.609. The lowest BCUT2D eigenvalue weighted by Crippen LogP contribution is -2.04. The van der Waals surface area contributed by atoms with Gasteiger partial charge in [0.15, 0.2) is 0 Å². The van der Waals surface area contributed by atoms with Crippen molar-refractivity contribution < 1.29 is 22.8 Å². The van der Waals surface area contributed by atoms with E-state index in [1.54, 1.807) is 0 Å². The first-order valence-electron chi connectivity index (χ1n) is 5.79. The van der Waals surface area contributed by atoms with E-state index in [2.05, 4.69) is 15.1 Å². The number of carbonyl (C=O) groups is 1. The lowest BCUT2D eigenvalue weighted by molar-refractivity contribution is 0.0508. The summed E-state index contributed by atoms with van der Waals surface area (Å²) in [6.45, 7) is 0. The molecular weight excluding hydrogens is 287 g/mol. The van der Waals surface area contributed by atoms with E-state index in [1.807, 2.05) is 0 Å². The summed E-state index contributed by atoms with van der Waals surface area (Å²) in [6, 6.07) is 5.25. The summed E-state index contributed by atoms with van der Waals surface area (Å²) in [7, 11) is 1.41. The standard InChI is InChI=1S/C13H10F3N3O2/c1-19-7-10(11(18-19)12(15)16)13(20)21-17-6-8-2-4-9(14)5-3-8/h2-7,12H,1H3/b17-6+. The zero-order valence-corrected chi connectivity index (χ0v) is 10.8. The van der Waals surface area contributed by atoms with Gasteiger partial charge in [-0.3, -0.25) is 4.68 Å². The molecule has 0 saturated carbocycles. The molecule has 2 aromatic rings. The number of alkyl halides is 2. The minimum absolute atomic E-state index is 0.358. The first-order valence-corrected chi connectivity index (χ1v) is 5.79. The van der Waals surface area contributed by atoms with Gasteiger partial charge in [-0.1, -0.05) is 17.3 Å². The summed E-state index contributed by atoms with van der Waals surface area (Å²) in [5.41, 5.74) is -0.535. The molecular formula is C13H10F3N3O2. The maximum absolute atomic E-state index is 12.7. The quantitative estimate of drug-likeness (QED) is 0.495. The van der Waals surface area contributed by atoms with Gasteiger partial charge >= 0.3 is 5.97 Å². The Kier molecular flexibility index (Phi) is 4.36. The van der Waals surface area contributed by atoms with Crippen molar-refractivity contribution in [1.29, 1.82) is 0 Å². The zero-order chi connectivity index (χ0) is 15.4. The fourth-order valence-electron chi connectivity index (χ4n) is 1.56. The molecule has 0 aliphatic carbocycles. The first kappa shape index (κ1) is 14.8. The zero-order valence-electron chi connectivity index (χ0n) is 10.8. The summed E-state index contributed by atoms with van der Waals surface area (Å²) < 4.78 is 39.1. The van der Waals surface area contributed by atoms with Crippen LogP contribution in [0.3, 0.4) is 0 Å². The molecule has 21 heavy (non-hydrogen) atoms. The number of halogens is 3. The molecule has 0 radical (unpaired) electrons. The van der Waals surface area contributed by atoms with Crippen molar-refractivity contribution in [2.24, 2.45) is 12.2 Å². The van der Waals surface area contributed by atoms with Crippen LogP contribution in [0.5, 0.6) is 0 Å². The molecule has 1 heterocycles. The Labute approximate surface area is 117 Å². The van der Waals surface area contributed by atoms with Crippen molar-refractivity contribution in [1.82, 2.24) is 9.78 Å². The van der Waals surface area contributed by atoms with E-state index in [1.165, 1.54) is 31.3 Å². The molecule has 0 N–H and O–H groups in total. The van der Waals surface area contributed by atoms with Crippen LogP contribution < -0.4 is 0 Å². The van der Waals surface area contributed by atoms with Crippen LogP contribution in [0.15, 0.2) is 35.6 Å². The molecule has 1 aromatic carbocycles. The molecule has 0 spiro atoms. The Morgan fingerprint density at radius 3 is 2.67 bits per heavy atom. The Bertz CT molecular complexity index is 666. The molecule has 1 aromatic heterocycles. The third-order valence-corrected chi connectivity index (χ3v) is 2.49. The number of aryl methyl sites for hydroxylation is 1. The number of benzene rings is 1. The van der Waals surface area contributed by atoms with E-state index in [-0.39, 0.29) is 5.56 Å². The highest BCUT2D eigenvalue weighted by Crippen LogP contribution is 2.21. The minimum atomic E-state index is -2.89. The number of rotatable bonds is 4. The molecule has 5 nitrogen and oxygen atoms in total. The van der Waals surface area contributed by atoms with Crippen LogP contribution in [-0.4, -0.2) is 22.0 Å². The van der Waals surface area contributed by atoms with Crippen LogP contribution in [0, 0.1) is 5.82 Å². The summed E-state index contributed by atoms with van der Waals surface area (Å²) in [4.78, 5) is 16.2. The van der Waals surface area contributed by atoms with Crippen LogP contribution in [0.25, 0.3) is 0 Å². The van der Waals surface area contributed by atoms with Gasteiger partial charge < -0.3 is 4.84 Å². The third-order valence-electron chi connectivity index (χ3n) is 2.49. The van der Waals surface area contributed by atoms with Gasteiger partial charge in [0.25, 0.3) is 6.43 Å². The van der Waals surface area contributed by atoms with Gasteiger partial charge in [-0.25, -0.2) is 18.0 Å². The van der Waals surface area contributed by atoms with Crippen molar-refractivity contribution in [2.75, 3.05) is 0 Å². The number of aromatic nitrogens is 2. The maximum atomic E-state index is 12.7. The van der Waals surface area contributed by atoms with Crippen LogP contribution in [0.1, 0.15) is 28.0 Å². The topological polar surface area (TPSA) is 56.5 Å². The van der Waals surface area contributed by atoms with Crippen molar-refractivity contribution >= 4 is 12.2 Å². The van der Waals surface area contributed by atoms with E-state index in [4.69, 9.17) is 0 Å². The van der Waals surface area contributed by atoms with Gasteiger partial charge in [0.1, 0.15) is 17.1 Å². The second-order valence-electron chi connectivity index (χ2n) is 4.07. The molecule has 0 amide bonds. The molecule has 0 bridgehead atoms. The van der Waals surface area contributed by atoms with Crippen LogP contribution in [0.2, 0.25) is 0 Å². The molecule has 0 atom stereocenters. The second-order valence-corrected chi connectivity index (χ2v) is 4.07. The van der Waals surface area contributed by atoms with Gasteiger partial charge in [0, 0.05) is 13.2 Å². The van der Waals surface area contributed by atoms with E-state index in [9.17, 15) is 18.0 Å². The van der Waals surface area contributed by atoms with Crippen LogP contribution in [-0.2, 0) is 11.9 Å². The fraction of sp³-hybridized carbons (Fsp3) is 0.154. The van der Waals surface area contributed by atoms with E-state index < -0.39 is 23.9 Å². The Hall–Kier alpha value is -2.64. The number of carbonyl (C=O) groups excluding carboxylic acids is 1. The van der Waals surface area contributed by atoms with Crippen molar-refractivity contribution in [3.63, 3.8) is 0 Å². The second kappa shape index (κ2) is 6.21. The third kappa shape index (κ3) is 3.68. The number of nitrogens with zero attached hydrogens (tertiary/aromatic N) is 3. The molecule has 8 heteroatoms. The van der Waals surface area contributed by atoms with Crippen molar-refractivity contribution in [2.45, 2.75) is 6.43 Å². The van der Waals surface area contributed by atoms with E-state index in [0.717, 1.165) is 17.1 Å². The number of oxime groups is 1. The Morgan fingerprint density at radius 1 is 1.38 bits per heavy atom. The van der Waals surface area contributed by atoms with Crippen LogP contribution >= 0.6 is 0 Å². The number of hydrogen-bond acceptors (Lipinski definition) is 4. The molecule has 2 rings (SSSR count). The van der Waals surface area contributed by atoms with Crippen LogP contribution in [0.4, 0.5) is 13.2 Å². The van der Waals surface area contributed by atoms with E-state index in [0.29, 0.717) is 5.56 Å². The average molecular weight is 297 g/mol. The SMILES string of the molecule is Cn1cc(C(=O)O/N=C/c2ccc(F)cc2)c(C(F)F)n1. The Balaban J connectivity index is 2.06.